The Morgan fingerprint density at radius 2 is 2.06 bits per heavy atom. The van der Waals surface area contributed by atoms with Crippen LogP contribution in [-0.4, -0.2) is 54.0 Å². The van der Waals surface area contributed by atoms with Crippen LogP contribution in [0.1, 0.15) is 10.4 Å². The van der Waals surface area contributed by atoms with Crippen LogP contribution in [0.4, 0.5) is 11.5 Å². The van der Waals surface area contributed by atoms with Gasteiger partial charge in [0.15, 0.2) is 5.82 Å². The van der Waals surface area contributed by atoms with Crippen molar-refractivity contribution in [2.45, 2.75) is 0 Å². The Labute approximate surface area is 106 Å². The molecule has 98 valence electrons. The van der Waals surface area contributed by atoms with Crippen molar-refractivity contribution in [3.05, 3.63) is 17.8 Å². The van der Waals surface area contributed by atoms with Gasteiger partial charge in [-0.25, -0.2) is 9.99 Å². The number of primary amides is 1. The molecule has 18 heavy (non-hydrogen) atoms. The van der Waals surface area contributed by atoms with Crippen LogP contribution in [-0.2, 0) is 0 Å². The minimum absolute atomic E-state index is 0.314. The summed E-state index contributed by atoms with van der Waals surface area (Å²) in [5, 5.41) is 2.02. The molecule has 1 fully saturated rings. The monoisotopic (exact) mass is 250 g/mol. The van der Waals surface area contributed by atoms with Crippen LogP contribution in [0.15, 0.2) is 12.3 Å². The van der Waals surface area contributed by atoms with Gasteiger partial charge in [0.25, 0.3) is 5.91 Å². The Hall–Kier alpha value is -1.86. The van der Waals surface area contributed by atoms with Crippen LogP contribution in [0.25, 0.3) is 0 Å². The maximum absolute atomic E-state index is 11.3. The number of rotatable bonds is 3. The van der Waals surface area contributed by atoms with E-state index < -0.39 is 5.91 Å². The number of nitrogens with two attached hydrogens (primary N) is 2. The second kappa shape index (κ2) is 5.19. The molecule has 1 aliphatic rings. The van der Waals surface area contributed by atoms with Crippen molar-refractivity contribution >= 4 is 17.4 Å². The van der Waals surface area contributed by atoms with Crippen LogP contribution in [0.2, 0.25) is 0 Å². The molecular weight excluding hydrogens is 232 g/mol. The molecule has 0 radical (unpaired) electrons. The lowest BCUT2D eigenvalue weighted by Crippen LogP contribution is -2.47. The minimum atomic E-state index is -0.536. The van der Waals surface area contributed by atoms with Crippen molar-refractivity contribution < 1.29 is 4.79 Å². The molecular formula is C11H18N6O. The van der Waals surface area contributed by atoms with E-state index in [0.717, 1.165) is 26.2 Å². The number of likely N-dealkylation sites (N-methyl/N-ethyl adjacent to an activating group) is 1. The number of hydrazine groups is 1. The molecule has 1 aromatic heterocycles. The summed E-state index contributed by atoms with van der Waals surface area (Å²) in [5.41, 5.74) is 14.8. The quantitative estimate of drug-likeness (QED) is 0.658. The summed E-state index contributed by atoms with van der Waals surface area (Å²) >= 11 is 0. The Kier molecular flexibility index (Phi) is 3.63. The van der Waals surface area contributed by atoms with Gasteiger partial charge in [0, 0.05) is 26.2 Å². The largest absolute Gasteiger partial charge is 0.397 e. The van der Waals surface area contributed by atoms with Gasteiger partial charge in [-0.05, 0) is 13.1 Å². The lowest BCUT2D eigenvalue weighted by molar-refractivity contribution is 0.1000. The lowest BCUT2D eigenvalue weighted by atomic mass is 10.2. The molecule has 7 nitrogen and oxygen atoms in total. The zero-order valence-corrected chi connectivity index (χ0v) is 10.4. The third-order valence-corrected chi connectivity index (χ3v) is 2.94. The summed E-state index contributed by atoms with van der Waals surface area (Å²) in [7, 11) is 2.08. The van der Waals surface area contributed by atoms with Crippen LogP contribution in [0.5, 0.6) is 0 Å². The van der Waals surface area contributed by atoms with E-state index in [-0.39, 0.29) is 0 Å². The number of carbonyl (C=O) groups excluding carboxylic acids is 1. The molecule has 1 saturated heterocycles. The summed E-state index contributed by atoms with van der Waals surface area (Å²) in [4.78, 5) is 17.7. The number of aromatic nitrogens is 1. The molecule has 0 atom stereocenters. The Morgan fingerprint density at radius 1 is 1.39 bits per heavy atom. The van der Waals surface area contributed by atoms with Crippen molar-refractivity contribution in [2.24, 2.45) is 5.73 Å². The van der Waals surface area contributed by atoms with Gasteiger partial charge in [-0.2, -0.15) is 0 Å². The highest BCUT2D eigenvalue weighted by molar-refractivity contribution is 5.98. The third kappa shape index (κ3) is 2.88. The van der Waals surface area contributed by atoms with Crippen LogP contribution in [0, 0.1) is 0 Å². The van der Waals surface area contributed by atoms with E-state index in [1.807, 2.05) is 5.01 Å². The SMILES string of the molecule is CN1CCN(Nc2ncc(N)cc2C(N)=O)CC1. The average Bonchev–Trinajstić information content (AvgIpc) is 2.34. The van der Waals surface area contributed by atoms with E-state index >= 15 is 0 Å². The fourth-order valence-corrected chi connectivity index (χ4v) is 1.83. The van der Waals surface area contributed by atoms with Crippen molar-refractivity contribution in [3.8, 4) is 0 Å². The van der Waals surface area contributed by atoms with E-state index in [2.05, 4.69) is 22.4 Å². The molecule has 0 spiro atoms. The predicted octanol–water partition coefficient (Wildman–Crippen LogP) is -0.663. The van der Waals surface area contributed by atoms with Crippen molar-refractivity contribution in [1.29, 1.82) is 0 Å². The molecule has 5 N–H and O–H groups in total. The van der Waals surface area contributed by atoms with Gasteiger partial charge in [0.1, 0.15) is 0 Å². The summed E-state index contributed by atoms with van der Waals surface area (Å²) in [6.07, 6.45) is 1.50. The first-order valence-electron chi connectivity index (χ1n) is 5.82. The van der Waals surface area contributed by atoms with Gasteiger partial charge in [0.2, 0.25) is 0 Å². The normalized spacial score (nSPS) is 17.6. The average molecular weight is 250 g/mol. The maximum Gasteiger partial charge on any atom is 0.252 e. The molecule has 0 aliphatic carbocycles. The minimum Gasteiger partial charge on any atom is -0.397 e. The molecule has 1 aliphatic heterocycles. The van der Waals surface area contributed by atoms with E-state index in [0.29, 0.717) is 17.1 Å². The second-order valence-electron chi connectivity index (χ2n) is 4.43. The van der Waals surface area contributed by atoms with Crippen molar-refractivity contribution in [2.75, 3.05) is 44.4 Å². The van der Waals surface area contributed by atoms with Crippen LogP contribution < -0.4 is 16.9 Å². The van der Waals surface area contributed by atoms with Gasteiger partial charge in [-0.15, -0.1) is 0 Å². The van der Waals surface area contributed by atoms with Gasteiger partial charge in [-0.1, -0.05) is 0 Å². The maximum atomic E-state index is 11.3. The lowest BCUT2D eigenvalue weighted by Gasteiger charge is -2.33. The summed E-state index contributed by atoms with van der Waals surface area (Å²) < 4.78 is 0. The van der Waals surface area contributed by atoms with Crippen LogP contribution in [0.3, 0.4) is 0 Å². The standard InChI is InChI=1S/C11H18N6O/c1-16-2-4-17(5-3-16)15-11-9(10(13)18)6-8(12)7-14-11/h6-7H,2-5,12H2,1H3,(H2,13,18)(H,14,15). The number of amides is 1. The smallest absolute Gasteiger partial charge is 0.252 e. The highest BCUT2D eigenvalue weighted by Crippen LogP contribution is 2.16. The zero-order valence-electron chi connectivity index (χ0n) is 10.4. The molecule has 0 unspecified atom stereocenters. The molecule has 1 aromatic rings. The fourth-order valence-electron chi connectivity index (χ4n) is 1.83. The van der Waals surface area contributed by atoms with Crippen molar-refractivity contribution in [1.82, 2.24) is 14.9 Å². The molecule has 0 bridgehead atoms. The van der Waals surface area contributed by atoms with E-state index in [9.17, 15) is 4.79 Å². The van der Waals surface area contributed by atoms with E-state index in [1.165, 1.54) is 12.3 Å². The van der Waals surface area contributed by atoms with Gasteiger partial charge >= 0.3 is 0 Å². The van der Waals surface area contributed by atoms with Gasteiger partial charge in [-0.3, -0.25) is 4.79 Å². The number of pyridine rings is 1. The molecule has 0 aromatic carbocycles. The number of piperazine rings is 1. The first-order valence-corrected chi connectivity index (χ1v) is 5.82. The fraction of sp³-hybridized carbons (Fsp3) is 0.455. The van der Waals surface area contributed by atoms with E-state index in [4.69, 9.17) is 11.5 Å². The highest BCUT2D eigenvalue weighted by atomic mass is 16.1. The van der Waals surface area contributed by atoms with Crippen LogP contribution >= 0.6 is 0 Å². The number of nitrogens with one attached hydrogen (secondary N) is 1. The Bertz CT molecular complexity index is 441. The Morgan fingerprint density at radius 3 is 2.67 bits per heavy atom. The molecule has 1 amide bonds. The summed E-state index contributed by atoms with van der Waals surface area (Å²) in [5.74, 6) is -0.0762. The van der Waals surface area contributed by atoms with Gasteiger partial charge in [0.05, 0.1) is 17.4 Å². The number of nitrogens with zero attached hydrogens (tertiary/aromatic N) is 3. The molecule has 7 heteroatoms. The first-order chi connectivity index (χ1) is 8.56. The summed E-state index contributed by atoms with van der Waals surface area (Å²) in [6, 6.07) is 1.54. The third-order valence-electron chi connectivity index (χ3n) is 2.94. The number of hydrogen-bond acceptors (Lipinski definition) is 6. The highest BCUT2D eigenvalue weighted by Gasteiger charge is 2.17. The van der Waals surface area contributed by atoms with Crippen molar-refractivity contribution in [3.63, 3.8) is 0 Å². The first kappa shape index (κ1) is 12.6. The number of hydrogen-bond donors (Lipinski definition) is 3. The number of anilines is 2. The summed E-state index contributed by atoms with van der Waals surface area (Å²) in [6.45, 7) is 3.66. The zero-order chi connectivity index (χ0) is 13.1. The Balaban J connectivity index is 2.11. The molecule has 2 rings (SSSR count). The molecule has 2 heterocycles. The van der Waals surface area contributed by atoms with Gasteiger partial charge < -0.3 is 21.8 Å². The second-order valence-corrected chi connectivity index (χ2v) is 4.43. The van der Waals surface area contributed by atoms with E-state index in [1.54, 1.807) is 0 Å². The number of nitrogen functional groups attached to an aromatic ring is 1. The predicted molar refractivity (Wildman–Crippen MR) is 69.9 cm³/mol. The topological polar surface area (TPSA) is 101 Å². The molecule has 0 saturated carbocycles. The number of carbonyl (C=O) groups is 1.